The summed E-state index contributed by atoms with van der Waals surface area (Å²) in [6, 6.07) is 6.01. The molecule has 1 saturated carbocycles. The number of carbonyl (C=O) groups is 7. The number of likely N-dealkylation sites (tertiary alicyclic amines) is 1. The molecule has 13 heteroatoms. The van der Waals surface area contributed by atoms with Gasteiger partial charge in [0.25, 0.3) is 5.91 Å². The number of nitrogens with zero attached hydrogens (tertiary/aromatic N) is 2. The molecule has 1 heterocycles. The molecule has 2 aliphatic rings. The first-order valence-electron chi connectivity index (χ1n) is 19.0. The Hall–Kier alpha value is -4.29. The largest absolute Gasteiger partial charge is 0.449 e. The maximum atomic E-state index is 14.3. The van der Waals surface area contributed by atoms with Crippen molar-refractivity contribution in [3.63, 3.8) is 0 Å². The van der Waals surface area contributed by atoms with Gasteiger partial charge in [-0.25, -0.2) is 4.79 Å². The number of hydrogen-bond acceptors (Lipinski definition) is 8. The number of ether oxygens (including phenoxy) is 1. The van der Waals surface area contributed by atoms with Gasteiger partial charge in [-0.3, -0.25) is 28.8 Å². The first-order valence-corrected chi connectivity index (χ1v) is 19.0. The molecule has 1 aliphatic carbocycles. The molecule has 3 N–H and O–H groups in total. The summed E-state index contributed by atoms with van der Waals surface area (Å²) in [5, 5.41) is 7.85. The van der Waals surface area contributed by atoms with Gasteiger partial charge in [0.15, 0.2) is 5.78 Å². The Balaban J connectivity index is 1.74. The van der Waals surface area contributed by atoms with E-state index in [0.29, 0.717) is 18.5 Å². The highest BCUT2D eigenvalue weighted by molar-refractivity contribution is 6.37. The van der Waals surface area contributed by atoms with Crippen molar-refractivity contribution in [2.45, 2.75) is 111 Å². The summed E-state index contributed by atoms with van der Waals surface area (Å²) in [6.07, 6.45) is 4.18. The first kappa shape index (κ1) is 43.1. The van der Waals surface area contributed by atoms with Crippen LogP contribution in [0.15, 0.2) is 30.3 Å². The molecule has 1 aromatic rings. The second-order valence-electron chi connectivity index (χ2n) is 16.6. The van der Waals surface area contributed by atoms with Crippen LogP contribution in [0.4, 0.5) is 4.79 Å². The number of nitrogens with one attached hydrogen (secondary N) is 3. The molecule has 1 unspecified atom stereocenters. The first-order chi connectivity index (χ1) is 24.9. The van der Waals surface area contributed by atoms with Crippen LogP contribution in [0, 0.1) is 29.1 Å². The summed E-state index contributed by atoms with van der Waals surface area (Å²) < 4.78 is 5.38. The van der Waals surface area contributed by atoms with E-state index in [0.717, 1.165) is 32.1 Å². The van der Waals surface area contributed by atoms with Gasteiger partial charge in [0, 0.05) is 33.0 Å². The van der Waals surface area contributed by atoms with E-state index in [1.54, 1.807) is 49.3 Å². The lowest BCUT2D eigenvalue weighted by Gasteiger charge is -2.35. The Labute approximate surface area is 314 Å². The quantitative estimate of drug-likeness (QED) is 0.200. The van der Waals surface area contributed by atoms with Crippen molar-refractivity contribution >= 4 is 41.3 Å². The molecule has 1 saturated heterocycles. The van der Waals surface area contributed by atoms with Crippen LogP contribution >= 0.6 is 0 Å². The number of benzene rings is 1. The van der Waals surface area contributed by atoms with E-state index in [2.05, 4.69) is 16.0 Å². The molecule has 0 bridgehead atoms. The van der Waals surface area contributed by atoms with Gasteiger partial charge in [0.1, 0.15) is 12.1 Å². The molecule has 0 radical (unpaired) electrons. The van der Waals surface area contributed by atoms with Crippen LogP contribution in [-0.2, 0) is 33.5 Å². The van der Waals surface area contributed by atoms with Crippen molar-refractivity contribution in [2.75, 3.05) is 33.8 Å². The van der Waals surface area contributed by atoms with E-state index >= 15 is 0 Å². The minimum absolute atomic E-state index is 0.0361. The lowest BCUT2D eigenvalue weighted by molar-refractivity contribution is -0.144. The summed E-state index contributed by atoms with van der Waals surface area (Å²) in [6.45, 7) is 11.5. The molecule has 4 atom stereocenters. The van der Waals surface area contributed by atoms with Crippen LogP contribution in [0.1, 0.15) is 105 Å². The number of alkyl carbamates (subject to hydrolysis) is 1. The average molecular weight is 740 g/mol. The van der Waals surface area contributed by atoms with Gasteiger partial charge in [-0.1, -0.05) is 91.1 Å². The number of carbonyl (C=O) groups excluding carboxylic acids is 7. The molecule has 1 aromatic carbocycles. The van der Waals surface area contributed by atoms with Crippen LogP contribution < -0.4 is 16.0 Å². The van der Waals surface area contributed by atoms with Crippen molar-refractivity contribution in [2.24, 2.45) is 29.1 Å². The van der Waals surface area contributed by atoms with Crippen molar-refractivity contribution in [3.05, 3.63) is 35.9 Å². The van der Waals surface area contributed by atoms with Gasteiger partial charge in [0.05, 0.1) is 19.2 Å². The number of hydrogen-bond donors (Lipinski definition) is 3. The van der Waals surface area contributed by atoms with Gasteiger partial charge >= 0.3 is 6.09 Å². The second-order valence-corrected chi connectivity index (χ2v) is 16.6. The highest BCUT2D eigenvalue weighted by atomic mass is 16.5. The van der Waals surface area contributed by atoms with Crippen molar-refractivity contribution < 1.29 is 38.3 Å². The number of rotatable bonds is 17. The number of amides is 5. The van der Waals surface area contributed by atoms with Gasteiger partial charge in [-0.2, -0.15) is 0 Å². The molecular weight excluding hydrogens is 678 g/mol. The Morgan fingerprint density at radius 2 is 1.55 bits per heavy atom. The Bertz CT molecular complexity index is 1450. The molecule has 53 heavy (non-hydrogen) atoms. The predicted molar refractivity (Wildman–Crippen MR) is 200 cm³/mol. The van der Waals surface area contributed by atoms with Crippen LogP contribution in [-0.4, -0.2) is 97.0 Å². The van der Waals surface area contributed by atoms with E-state index < -0.39 is 59.7 Å². The molecular formula is C40H61N5O8. The van der Waals surface area contributed by atoms with E-state index in [4.69, 9.17) is 4.74 Å². The molecule has 3 rings (SSSR count). The number of ketones is 2. The van der Waals surface area contributed by atoms with E-state index in [-0.39, 0.29) is 54.8 Å². The number of likely N-dealkylation sites (N-methyl/N-ethyl adjacent to an activating group) is 1. The summed E-state index contributed by atoms with van der Waals surface area (Å²) in [5.41, 5.74) is 0.158. The topological polar surface area (TPSA) is 171 Å². The zero-order valence-electron chi connectivity index (χ0n) is 32.9. The Kier molecular flexibility index (Phi) is 16.0. The lowest BCUT2D eigenvalue weighted by atomic mass is 9.83. The minimum atomic E-state index is -1.00. The Morgan fingerprint density at radius 3 is 2.13 bits per heavy atom. The van der Waals surface area contributed by atoms with Crippen molar-refractivity contribution in [1.82, 2.24) is 25.8 Å². The van der Waals surface area contributed by atoms with Gasteiger partial charge in [-0.15, -0.1) is 0 Å². The summed E-state index contributed by atoms with van der Waals surface area (Å²) in [4.78, 5) is 96.7. The SMILES string of the molecule is CC(C)COC(=O)N[C@H](C(=O)N1CC(C)(C)C[C@H]1C(=O)C[C@@H](CC(C)C)C(=O)C(=O)NCC(=O)NC(C(=O)N(C)C)c1ccccc1)C1CCCCC1. The molecule has 13 nitrogen and oxygen atoms in total. The summed E-state index contributed by atoms with van der Waals surface area (Å²) in [5.74, 6) is -4.50. The van der Waals surface area contributed by atoms with Gasteiger partial charge < -0.3 is 30.5 Å². The third kappa shape index (κ3) is 13.0. The van der Waals surface area contributed by atoms with Crippen LogP contribution in [0.25, 0.3) is 0 Å². The number of Topliss-reactive ketones (excluding diaryl/α,β-unsaturated/α-hetero) is 2. The highest BCUT2D eigenvalue weighted by Crippen LogP contribution is 2.37. The van der Waals surface area contributed by atoms with Crippen LogP contribution in [0.5, 0.6) is 0 Å². The van der Waals surface area contributed by atoms with Crippen LogP contribution in [0.3, 0.4) is 0 Å². The standard InChI is InChI=1S/C40H61N5O8/c1-25(2)19-29(35(48)36(49)41-22-32(47)42-33(37(50)44(7)8)27-15-11-9-12-16-27)20-31(46)30-21-40(5,6)24-45(30)38(51)34(28-17-13-10-14-18-28)43-39(52)53-23-26(3)4/h9,11-12,15-16,25-26,28-30,33-34H,10,13-14,17-24H2,1-8H3,(H,41,49)(H,42,47)(H,43,52)/t29-,30+,33?,34+/m1/s1. The normalized spacial score (nSPS) is 18.8. The fraction of sp³-hybridized carbons (Fsp3) is 0.675. The van der Waals surface area contributed by atoms with E-state index in [9.17, 15) is 33.6 Å². The molecule has 2 fully saturated rings. The molecule has 5 amide bonds. The highest BCUT2D eigenvalue weighted by Gasteiger charge is 2.47. The predicted octanol–water partition coefficient (Wildman–Crippen LogP) is 4.20. The molecule has 0 spiro atoms. The maximum absolute atomic E-state index is 14.3. The third-order valence-electron chi connectivity index (χ3n) is 9.92. The fourth-order valence-electron chi connectivity index (χ4n) is 7.29. The molecule has 1 aliphatic heterocycles. The lowest BCUT2D eigenvalue weighted by Crippen LogP contribution is -2.55. The Morgan fingerprint density at radius 1 is 0.906 bits per heavy atom. The molecule has 294 valence electrons. The zero-order valence-corrected chi connectivity index (χ0v) is 32.9. The van der Waals surface area contributed by atoms with Crippen LogP contribution in [0.2, 0.25) is 0 Å². The fourth-order valence-corrected chi connectivity index (χ4v) is 7.29. The minimum Gasteiger partial charge on any atom is -0.449 e. The summed E-state index contributed by atoms with van der Waals surface area (Å²) in [7, 11) is 3.14. The molecule has 0 aromatic heterocycles. The monoisotopic (exact) mass is 739 g/mol. The van der Waals surface area contributed by atoms with Gasteiger partial charge in [-0.05, 0) is 54.4 Å². The zero-order chi connectivity index (χ0) is 39.5. The maximum Gasteiger partial charge on any atom is 0.407 e. The summed E-state index contributed by atoms with van der Waals surface area (Å²) >= 11 is 0. The van der Waals surface area contributed by atoms with E-state index in [1.807, 2.05) is 41.5 Å². The van der Waals surface area contributed by atoms with Crippen molar-refractivity contribution in [3.8, 4) is 0 Å². The van der Waals surface area contributed by atoms with Crippen molar-refractivity contribution in [1.29, 1.82) is 0 Å². The average Bonchev–Trinajstić information content (AvgIpc) is 3.45. The smallest absolute Gasteiger partial charge is 0.407 e. The van der Waals surface area contributed by atoms with Gasteiger partial charge in [0.2, 0.25) is 23.5 Å². The second kappa shape index (κ2) is 19.7. The van der Waals surface area contributed by atoms with E-state index in [1.165, 1.54) is 4.90 Å². The third-order valence-corrected chi connectivity index (χ3v) is 9.92.